The van der Waals surface area contributed by atoms with Gasteiger partial charge in [-0.25, -0.2) is 9.97 Å². The SMILES string of the molecule is Cc1cc(NCC(C)n2ccnc2)n2nc(C)c(C)c2n1. The minimum atomic E-state index is 0.314. The van der Waals surface area contributed by atoms with Gasteiger partial charge in [-0.05, 0) is 27.7 Å². The van der Waals surface area contributed by atoms with Crippen LogP contribution in [0.4, 0.5) is 5.82 Å². The summed E-state index contributed by atoms with van der Waals surface area (Å²) in [6, 6.07) is 2.34. The zero-order valence-electron chi connectivity index (χ0n) is 12.8. The van der Waals surface area contributed by atoms with Gasteiger partial charge >= 0.3 is 0 Å². The summed E-state index contributed by atoms with van der Waals surface area (Å²) in [5, 5.41) is 8.04. The minimum Gasteiger partial charge on any atom is -0.368 e. The molecule has 0 aromatic carbocycles. The first-order chi connectivity index (χ1) is 10.1. The second-order valence-electron chi connectivity index (χ2n) is 5.47. The fourth-order valence-corrected chi connectivity index (χ4v) is 2.36. The summed E-state index contributed by atoms with van der Waals surface area (Å²) >= 11 is 0. The lowest BCUT2D eigenvalue weighted by Gasteiger charge is -2.15. The Morgan fingerprint density at radius 3 is 2.81 bits per heavy atom. The van der Waals surface area contributed by atoms with E-state index in [0.29, 0.717) is 6.04 Å². The van der Waals surface area contributed by atoms with Crippen LogP contribution >= 0.6 is 0 Å². The summed E-state index contributed by atoms with van der Waals surface area (Å²) < 4.78 is 3.97. The number of aryl methyl sites for hydroxylation is 3. The third-order valence-corrected chi connectivity index (χ3v) is 3.80. The van der Waals surface area contributed by atoms with E-state index in [9.17, 15) is 0 Å². The maximum Gasteiger partial charge on any atom is 0.160 e. The van der Waals surface area contributed by atoms with Gasteiger partial charge in [-0.15, -0.1) is 0 Å². The predicted octanol–water partition coefficient (Wildman–Crippen LogP) is 2.52. The maximum atomic E-state index is 4.58. The van der Waals surface area contributed by atoms with Gasteiger partial charge in [0.1, 0.15) is 5.82 Å². The number of rotatable bonds is 4. The van der Waals surface area contributed by atoms with Crippen LogP contribution in [-0.4, -0.2) is 30.7 Å². The quantitative estimate of drug-likeness (QED) is 0.799. The number of aromatic nitrogens is 5. The summed E-state index contributed by atoms with van der Waals surface area (Å²) in [6.45, 7) is 9.03. The van der Waals surface area contributed by atoms with Crippen molar-refractivity contribution in [3.8, 4) is 0 Å². The lowest BCUT2D eigenvalue weighted by molar-refractivity contribution is 0.571. The first-order valence-electron chi connectivity index (χ1n) is 7.11. The second-order valence-corrected chi connectivity index (χ2v) is 5.47. The normalized spacial score (nSPS) is 12.8. The zero-order chi connectivity index (χ0) is 15.0. The Morgan fingerprint density at radius 2 is 2.10 bits per heavy atom. The van der Waals surface area contributed by atoms with Crippen molar-refractivity contribution in [2.45, 2.75) is 33.7 Å². The van der Waals surface area contributed by atoms with Crippen molar-refractivity contribution in [3.63, 3.8) is 0 Å². The van der Waals surface area contributed by atoms with E-state index in [0.717, 1.165) is 35.0 Å². The van der Waals surface area contributed by atoms with E-state index in [1.54, 1.807) is 6.20 Å². The van der Waals surface area contributed by atoms with Crippen molar-refractivity contribution in [2.75, 3.05) is 11.9 Å². The number of nitrogens with zero attached hydrogens (tertiary/aromatic N) is 5. The molecule has 0 fully saturated rings. The highest BCUT2D eigenvalue weighted by Crippen LogP contribution is 2.18. The van der Waals surface area contributed by atoms with Crippen molar-refractivity contribution in [2.24, 2.45) is 0 Å². The van der Waals surface area contributed by atoms with Crippen LogP contribution in [-0.2, 0) is 0 Å². The largest absolute Gasteiger partial charge is 0.368 e. The summed E-state index contributed by atoms with van der Waals surface area (Å²) in [5.41, 5.74) is 4.05. The number of imidazole rings is 1. The molecule has 0 radical (unpaired) electrons. The van der Waals surface area contributed by atoms with E-state index in [1.807, 2.05) is 37.0 Å². The number of anilines is 1. The molecule has 0 aliphatic carbocycles. The van der Waals surface area contributed by atoms with Crippen LogP contribution in [0.5, 0.6) is 0 Å². The van der Waals surface area contributed by atoms with E-state index in [-0.39, 0.29) is 0 Å². The summed E-state index contributed by atoms with van der Waals surface area (Å²) in [4.78, 5) is 8.66. The summed E-state index contributed by atoms with van der Waals surface area (Å²) in [7, 11) is 0. The van der Waals surface area contributed by atoms with Gasteiger partial charge < -0.3 is 9.88 Å². The smallest absolute Gasteiger partial charge is 0.160 e. The van der Waals surface area contributed by atoms with Gasteiger partial charge in [0.05, 0.1) is 12.0 Å². The first kappa shape index (κ1) is 13.6. The molecule has 0 saturated carbocycles. The molecule has 0 bridgehead atoms. The van der Waals surface area contributed by atoms with E-state index in [1.165, 1.54) is 0 Å². The number of nitrogens with one attached hydrogen (secondary N) is 1. The lowest BCUT2D eigenvalue weighted by Crippen LogP contribution is -2.17. The average Bonchev–Trinajstić information content (AvgIpc) is 3.07. The van der Waals surface area contributed by atoms with Crippen molar-refractivity contribution in [3.05, 3.63) is 41.7 Å². The fourth-order valence-electron chi connectivity index (χ4n) is 2.36. The topological polar surface area (TPSA) is 60.0 Å². The molecule has 3 rings (SSSR count). The van der Waals surface area contributed by atoms with E-state index in [4.69, 9.17) is 0 Å². The molecule has 6 heteroatoms. The van der Waals surface area contributed by atoms with Crippen LogP contribution in [0.25, 0.3) is 5.65 Å². The molecular weight excluding hydrogens is 264 g/mol. The number of hydrogen-bond acceptors (Lipinski definition) is 4. The monoisotopic (exact) mass is 284 g/mol. The van der Waals surface area contributed by atoms with Crippen molar-refractivity contribution in [1.82, 2.24) is 24.1 Å². The Kier molecular flexibility index (Phi) is 3.37. The molecule has 21 heavy (non-hydrogen) atoms. The third-order valence-electron chi connectivity index (χ3n) is 3.80. The number of fused-ring (bicyclic) bond motifs is 1. The van der Waals surface area contributed by atoms with Crippen LogP contribution in [0.1, 0.15) is 29.9 Å². The second kappa shape index (κ2) is 5.20. The molecule has 3 heterocycles. The zero-order valence-corrected chi connectivity index (χ0v) is 12.8. The van der Waals surface area contributed by atoms with E-state index >= 15 is 0 Å². The van der Waals surface area contributed by atoms with Crippen LogP contribution in [0.15, 0.2) is 24.8 Å². The van der Waals surface area contributed by atoms with Crippen molar-refractivity contribution < 1.29 is 0 Å². The molecule has 0 saturated heterocycles. The highest BCUT2D eigenvalue weighted by molar-refractivity contribution is 5.55. The van der Waals surface area contributed by atoms with Crippen LogP contribution in [0.2, 0.25) is 0 Å². The molecule has 0 aliphatic rings. The third kappa shape index (κ3) is 2.49. The Bertz CT molecular complexity index is 756. The molecule has 1 atom stereocenters. The number of hydrogen-bond donors (Lipinski definition) is 1. The fraction of sp³-hybridized carbons (Fsp3) is 0.400. The first-order valence-corrected chi connectivity index (χ1v) is 7.11. The summed E-state index contributed by atoms with van der Waals surface area (Å²) in [6.07, 6.45) is 5.61. The summed E-state index contributed by atoms with van der Waals surface area (Å²) in [5.74, 6) is 0.973. The van der Waals surface area contributed by atoms with Gasteiger partial charge in [0, 0.05) is 42.3 Å². The van der Waals surface area contributed by atoms with E-state index < -0.39 is 0 Å². The molecule has 3 aromatic rings. The molecule has 0 spiro atoms. The van der Waals surface area contributed by atoms with Gasteiger partial charge in [0.25, 0.3) is 0 Å². The van der Waals surface area contributed by atoms with E-state index in [2.05, 4.69) is 38.8 Å². The van der Waals surface area contributed by atoms with Gasteiger partial charge in [-0.2, -0.15) is 9.61 Å². The van der Waals surface area contributed by atoms with Crippen LogP contribution in [0, 0.1) is 20.8 Å². The highest BCUT2D eigenvalue weighted by atomic mass is 15.3. The predicted molar refractivity (Wildman–Crippen MR) is 82.6 cm³/mol. The maximum absolute atomic E-state index is 4.58. The molecule has 3 aromatic heterocycles. The molecule has 110 valence electrons. The average molecular weight is 284 g/mol. The highest BCUT2D eigenvalue weighted by Gasteiger charge is 2.11. The Labute approximate surface area is 123 Å². The Morgan fingerprint density at radius 1 is 1.29 bits per heavy atom. The minimum absolute atomic E-state index is 0.314. The van der Waals surface area contributed by atoms with Gasteiger partial charge in [-0.3, -0.25) is 0 Å². The van der Waals surface area contributed by atoms with Gasteiger partial charge in [0.2, 0.25) is 0 Å². The molecule has 1 N–H and O–H groups in total. The van der Waals surface area contributed by atoms with Crippen LogP contribution < -0.4 is 5.32 Å². The molecule has 0 amide bonds. The molecule has 0 aliphatic heterocycles. The molecule has 6 nitrogen and oxygen atoms in total. The molecular formula is C15H20N6. The van der Waals surface area contributed by atoms with Gasteiger partial charge in [0.15, 0.2) is 5.65 Å². The van der Waals surface area contributed by atoms with Gasteiger partial charge in [-0.1, -0.05) is 0 Å². The van der Waals surface area contributed by atoms with Crippen molar-refractivity contribution in [1.29, 1.82) is 0 Å². The van der Waals surface area contributed by atoms with Crippen molar-refractivity contribution >= 4 is 11.5 Å². The standard InChI is InChI=1S/C15H20N6/c1-10-7-14(17-8-11(2)20-6-5-16-9-20)21-15(18-10)12(3)13(4)19-21/h5-7,9,11,17H,8H2,1-4H3. The molecule has 1 unspecified atom stereocenters. The Hall–Kier alpha value is -2.37. The lowest BCUT2D eigenvalue weighted by atomic mass is 10.3. The Balaban J connectivity index is 1.88. The van der Waals surface area contributed by atoms with Crippen LogP contribution in [0.3, 0.4) is 0 Å².